The molecular formula is C23H53O3Ti-. The molecule has 3 nitrogen and oxygen atoms in total. The van der Waals surface area contributed by atoms with Gasteiger partial charge >= 0.3 is 0 Å². The van der Waals surface area contributed by atoms with E-state index in [2.05, 4.69) is 34.6 Å². The second-order valence-corrected chi connectivity index (χ2v) is 6.56. The van der Waals surface area contributed by atoms with Crippen molar-refractivity contribution in [2.75, 3.05) is 19.8 Å². The Morgan fingerprint density at radius 2 is 0.704 bits per heavy atom. The van der Waals surface area contributed by atoms with Crippen LogP contribution in [-0.4, -0.2) is 35.1 Å². The summed E-state index contributed by atoms with van der Waals surface area (Å²) in [5, 5.41) is 24.6. The van der Waals surface area contributed by atoms with Gasteiger partial charge in [-0.15, -0.1) is 0 Å². The van der Waals surface area contributed by atoms with Gasteiger partial charge in [0, 0.05) is 41.5 Å². The quantitative estimate of drug-likeness (QED) is 0.165. The molecule has 0 spiro atoms. The number of unbranched alkanes of at least 4 members (excludes halogenated alkanes) is 11. The molecule has 0 atom stereocenters. The molecule has 3 N–H and O–H groups in total. The number of rotatable bonds is 14. The summed E-state index contributed by atoms with van der Waals surface area (Å²) < 4.78 is 0. The van der Waals surface area contributed by atoms with Gasteiger partial charge in [-0.3, -0.25) is 0 Å². The number of hydrogen-bond donors (Lipinski definition) is 3. The third kappa shape index (κ3) is 75.5. The zero-order valence-corrected chi connectivity index (χ0v) is 20.8. The first-order valence-electron chi connectivity index (χ1n) is 11.3. The van der Waals surface area contributed by atoms with E-state index < -0.39 is 0 Å². The van der Waals surface area contributed by atoms with E-state index in [1.807, 2.05) is 0 Å². The molecule has 0 heterocycles. The maximum atomic E-state index is 8.20. The van der Waals surface area contributed by atoms with Crippen LogP contribution in [0, 0.1) is 6.92 Å². The molecule has 27 heavy (non-hydrogen) atoms. The summed E-state index contributed by atoms with van der Waals surface area (Å²) >= 11 is 0. The average Bonchev–Trinajstić information content (AvgIpc) is 2.68. The molecule has 4 heteroatoms. The van der Waals surface area contributed by atoms with E-state index in [9.17, 15) is 0 Å². The molecule has 0 amide bonds. The average molecular weight is 426 g/mol. The molecular weight excluding hydrogens is 372 g/mol. The molecule has 0 aliphatic rings. The van der Waals surface area contributed by atoms with E-state index in [1.165, 1.54) is 51.4 Å². The van der Waals surface area contributed by atoms with Gasteiger partial charge in [0.05, 0.1) is 0 Å². The van der Waals surface area contributed by atoms with Crippen LogP contribution in [0.5, 0.6) is 0 Å². The molecule has 0 aromatic rings. The zero-order chi connectivity index (χ0) is 20.7. The number of aliphatic hydroxyl groups excluding tert-OH is 3. The topological polar surface area (TPSA) is 60.7 Å². The molecule has 0 rings (SSSR count). The van der Waals surface area contributed by atoms with E-state index in [4.69, 9.17) is 15.3 Å². The number of aliphatic hydroxyl groups is 3. The van der Waals surface area contributed by atoms with Crippen molar-refractivity contribution in [2.45, 2.75) is 124 Å². The largest absolute Gasteiger partial charge is 0.396 e. The van der Waals surface area contributed by atoms with Gasteiger partial charge in [0.2, 0.25) is 0 Å². The summed E-state index contributed by atoms with van der Waals surface area (Å²) in [5.41, 5.74) is 0. The van der Waals surface area contributed by atoms with Crippen LogP contribution in [0.1, 0.15) is 124 Å². The molecule has 0 bridgehead atoms. The minimum atomic E-state index is 0. The van der Waals surface area contributed by atoms with E-state index in [-0.39, 0.29) is 21.7 Å². The van der Waals surface area contributed by atoms with Gasteiger partial charge in [0.1, 0.15) is 0 Å². The maximum absolute atomic E-state index is 8.20. The molecule has 0 saturated carbocycles. The SMILES string of the molecule is CCCCCO.CCCCCO.CCCCCO.[CH2-]CCCCCCC.[Ti]. The Morgan fingerprint density at radius 1 is 0.444 bits per heavy atom. The van der Waals surface area contributed by atoms with E-state index in [0.29, 0.717) is 19.8 Å². The maximum Gasteiger partial charge on any atom is 0.0431 e. The van der Waals surface area contributed by atoms with Crippen LogP contribution >= 0.6 is 0 Å². The first kappa shape index (κ1) is 38.2. The van der Waals surface area contributed by atoms with Gasteiger partial charge in [-0.1, -0.05) is 98.3 Å². The summed E-state index contributed by atoms with van der Waals surface area (Å²) in [4.78, 5) is 0. The second-order valence-electron chi connectivity index (χ2n) is 6.56. The smallest absolute Gasteiger partial charge is 0.0431 e. The van der Waals surface area contributed by atoms with Crippen molar-refractivity contribution >= 4 is 0 Å². The van der Waals surface area contributed by atoms with Gasteiger partial charge < -0.3 is 22.2 Å². The molecule has 0 aliphatic heterocycles. The fourth-order valence-electron chi connectivity index (χ4n) is 1.87. The van der Waals surface area contributed by atoms with Gasteiger partial charge in [-0.05, 0) is 19.3 Å². The molecule has 0 fully saturated rings. The van der Waals surface area contributed by atoms with Crippen LogP contribution in [0.15, 0.2) is 0 Å². The van der Waals surface area contributed by atoms with E-state index in [1.54, 1.807) is 0 Å². The Hall–Kier alpha value is 0.594. The fraction of sp³-hybridized carbons (Fsp3) is 0.957. The summed E-state index contributed by atoms with van der Waals surface area (Å²) in [6.07, 6.45) is 18.0. The van der Waals surface area contributed by atoms with Crippen LogP contribution in [0.25, 0.3) is 0 Å². The van der Waals surface area contributed by atoms with Crippen molar-refractivity contribution in [2.24, 2.45) is 0 Å². The van der Waals surface area contributed by atoms with E-state index >= 15 is 0 Å². The normalized spacial score (nSPS) is 8.89. The second kappa shape index (κ2) is 50.4. The summed E-state index contributed by atoms with van der Waals surface area (Å²) in [5.74, 6) is 0. The molecule has 0 aromatic carbocycles. The summed E-state index contributed by atoms with van der Waals surface area (Å²) in [7, 11) is 0. The Balaban J connectivity index is -0.0000000794. The third-order valence-electron chi connectivity index (χ3n) is 3.64. The predicted octanol–water partition coefficient (Wildman–Crippen LogP) is 6.69. The molecule has 0 aromatic heterocycles. The van der Waals surface area contributed by atoms with Gasteiger partial charge in [0.25, 0.3) is 0 Å². The Kier molecular flexibility index (Phi) is 71.3. The minimum absolute atomic E-state index is 0. The van der Waals surface area contributed by atoms with Gasteiger partial charge in [-0.25, -0.2) is 0 Å². The zero-order valence-electron chi connectivity index (χ0n) is 19.3. The van der Waals surface area contributed by atoms with E-state index in [0.717, 1.165) is 44.9 Å². The Labute approximate surface area is 187 Å². The van der Waals surface area contributed by atoms with Gasteiger partial charge in [0.15, 0.2) is 0 Å². The Morgan fingerprint density at radius 3 is 0.889 bits per heavy atom. The van der Waals surface area contributed by atoms with Crippen LogP contribution in [-0.2, 0) is 21.7 Å². The Bertz CT molecular complexity index is 133. The molecule has 168 valence electrons. The number of hydrogen-bond acceptors (Lipinski definition) is 3. The van der Waals surface area contributed by atoms with Crippen molar-refractivity contribution in [1.82, 2.24) is 0 Å². The molecule has 0 aliphatic carbocycles. The molecule has 0 saturated heterocycles. The van der Waals surface area contributed by atoms with Crippen LogP contribution in [0.4, 0.5) is 0 Å². The van der Waals surface area contributed by atoms with Gasteiger partial charge in [-0.2, -0.15) is 6.42 Å². The van der Waals surface area contributed by atoms with Crippen molar-refractivity contribution in [3.63, 3.8) is 0 Å². The molecule has 0 radical (unpaired) electrons. The first-order chi connectivity index (χ1) is 12.7. The summed E-state index contributed by atoms with van der Waals surface area (Å²) in [6, 6.07) is 0. The van der Waals surface area contributed by atoms with Crippen LogP contribution in [0.2, 0.25) is 0 Å². The van der Waals surface area contributed by atoms with Crippen molar-refractivity contribution in [1.29, 1.82) is 0 Å². The van der Waals surface area contributed by atoms with Crippen molar-refractivity contribution in [3.8, 4) is 0 Å². The van der Waals surface area contributed by atoms with Crippen LogP contribution < -0.4 is 0 Å². The van der Waals surface area contributed by atoms with Crippen molar-refractivity contribution < 1.29 is 37.0 Å². The molecule has 0 unspecified atom stereocenters. The minimum Gasteiger partial charge on any atom is -0.396 e. The monoisotopic (exact) mass is 425 g/mol. The van der Waals surface area contributed by atoms with Crippen LogP contribution in [0.3, 0.4) is 0 Å². The standard InChI is InChI=1S/C8H17.3C5H12O.Ti/c1-3-5-7-8-6-4-2;3*1-2-3-4-5-6;/h1,3-8H2,2H3;3*6H,2-5H2,1H3;/q-1;;;;. The predicted molar refractivity (Wildman–Crippen MR) is 119 cm³/mol. The summed E-state index contributed by atoms with van der Waals surface area (Å²) in [6.45, 7) is 13.5. The fourth-order valence-corrected chi connectivity index (χ4v) is 1.87. The third-order valence-corrected chi connectivity index (χ3v) is 3.64. The van der Waals surface area contributed by atoms with Crippen molar-refractivity contribution in [3.05, 3.63) is 6.92 Å². The first-order valence-corrected chi connectivity index (χ1v) is 11.3.